The van der Waals surface area contributed by atoms with Crippen molar-refractivity contribution >= 4 is 35.7 Å². The fourth-order valence-electron chi connectivity index (χ4n) is 7.86. The molecule has 0 saturated carbocycles. The molecular formula is C41H68N6O10. The predicted molar refractivity (Wildman–Crippen MR) is 215 cm³/mol. The van der Waals surface area contributed by atoms with Crippen LogP contribution < -0.4 is 10.6 Å². The minimum atomic E-state index is -1.23. The third-order valence-electron chi connectivity index (χ3n) is 11.4. The summed E-state index contributed by atoms with van der Waals surface area (Å²) >= 11 is 0. The van der Waals surface area contributed by atoms with Gasteiger partial charge in [0.1, 0.15) is 18.1 Å². The van der Waals surface area contributed by atoms with E-state index in [4.69, 9.17) is 9.47 Å². The summed E-state index contributed by atoms with van der Waals surface area (Å²) in [5, 5.41) is 27.2. The largest absolute Gasteiger partial charge is 0.480 e. The smallest absolute Gasteiger partial charge is 0.421 e. The van der Waals surface area contributed by atoms with E-state index in [9.17, 15) is 39.0 Å². The number of nitrogens with zero attached hydrogens (tertiary/aromatic N) is 4. The minimum Gasteiger partial charge on any atom is -0.480 e. The molecule has 16 nitrogen and oxygen atoms in total. The number of methoxy groups -OCH3 is 2. The van der Waals surface area contributed by atoms with E-state index in [0.717, 1.165) is 10.6 Å². The van der Waals surface area contributed by atoms with Gasteiger partial charge in [0.15, 0.2) is 0 Å². The Morgan fingerprint density at radius 3 is 1.98 bits per heavy atom. The normalized spacial score (nSPS) is 18.6. The van der Waals surface area contributed by atoms with Gasteiger partial charge in [0, 0.05) is 48.3 Å². The average Bonchev–Trinajstić information content (AvgIpc) is 3.65. The van der Waals surface area contributed by atoms with Crippen LogP contribution in [-0.2, 0) is 39.9 Å². The molecule has 1 heterocycles. The maximum Gasteiger partial charge on any atom is 0.421 e. The quantitative estimate of drug-likeness (QED) is 0.126. The summed E-state index contributed by atoms with van der Waals surface area (Å²) in [5.41, 5.74) is 0.766. The zero-order valence-corrected chi connectivity index (χ0v) is 35.9. The zero-order chi connectivity index (χ0) is 43.3. The van der Waals surface area contributed by atoms with E-state index in [2.05, 4.69) is 10.6 Å². The third kappa shape index (κ3) is 12.9. The Morgan fingerprint density at radius 1 is 0.877 bits per heavy atom. The average molecular weight is 805 g/mol. The van der Waals surface area contributed by atoms with Crippen molar-refractivity contribution in [3.05, 3.63) is 35.9 Å². The van der Waals surface area contributed by atoms with Crippen molar-refractivity contribution in [2.75, 3.05) is 41.9 Å². The zero-order valence-electron chi connectivity index (χ0n) is 35.9. The van der Waals surface area contributed by atoms with Crippen molar-refractivity contribution in [1.82, 2.24) is 30.5 Å². The van der Waals surface area contributed by atoms with Crippen LogP contribution in [0.4, 0.5) is 4.79 Å². The van der Waals surface area contributed by atoms with E-state index in [-0.39, 0.29) is 42.4 Å². The Bertz CT molecular complexity index is 1500. The number of hydrazine groups is 1. The summed E-state index contributed by atoms with van der Waals surface area (Å²) in [6.45, 7) is 13.3. The molecular weight excluding hydrogens is 736 g/mol. The van der Waals surface area contributed by atoms with E-state index < -0.39 is 72.2 Å². The van der Waals surface area contributed by atoms with Crippen molar-refractivity contribution in [2.24, 2.45) is 23.7 Å². The topological polar surface area (TPSA) is 198 Å². The highest BCUT2D eigenvalue weighted by Gasteiger charge is 2.44. The summed E-state index contributed by atoms with van der Waals surface area (Å²) in [6, 6.07) is 5.00. The first kappa shape index (κ1) is 48.9. The summed E-state index contributed by atoms with van der Waals surface area (Å²) in [5.74, 6) is -4.30. The van der Waals surface area contributed by atoms with Crippen LogP contribution in [0.15, 0.2) is 30.3 Å². The number of rotatable bonds is 22. The number of carbonyl (C=O) groups excluding carboxylic acids is 4. The van der Waals surface area contributed by atoms with Crippen molar-refractivity contribution in [2.45, 2.75) is 123 Å². The molecule has 1 aliphatic rings. The van der Waals surface area contributed by atoms with Gasteiger partial charge in [0.2, 0.25) is 23.6 Å². The first-order valence-electron chi connectivity index (χ1n) is 19.9. The summed E-state index contributed by atoms with van der Waals surface area (Å²) in [7, 11) is 7.46. The molecule has 2 rings (SSSR count). The lowest BCUT2D eigenvalue weighted by atomic mass is 9.89. The number of likely N-dealkylation sites (tertiary alicyclic amines) is 1. The van der Waals surface area contributed by atoms with Gasteiger partial charge in [0.05, 0.1) is 36.6 Å². The van der Waals surface area contributed by atoms with Gasteiger partial charge in [0.25, 0.3) is 0 Å². The van der Waals surface area contributed by atoms with E-state index in [1.165, 1.54) is 33.3 Å². The Hall–Kier alpha value is -4.28. The van der Waals surface area contributed by atoms with Crippen LogP contribution >= 0.6 is 0 Å². The molecule has 0 spiro atoms. The molecule has 16 heteroatoms. The van der Waals surface area contributed by atoms with Crippen molar-refractivity contribution in [3.8, 4) is 0 Å². The molecule has 1 saturated heterocycles. The lowest BCUT2D eigenvalue weighted by molar-refractivity contribution is -0.149. The number of benzene rings is 1. The molecule has 0 radical (unpaired) electrons. The van der Waals surface area contributed by atoms with Crippen LogP contribution in [0.3, 0.4) is 0 Å². The number of amides is 5. The van der Waals surface area contributed by atoms with Gasteiger partial charge in [-0.2, -0.15) is 0 Å². The van der Waals surface area contributed by atoms with Gasteiger partial charge >= 0.3 is 12.1 Å². The van der Waals surface area contributed by atoms with E-state index >= 15 is 0 Å². The summed E-state index contributed by atoms with van der Waals surface area (Å²) < 4.78 is 11.8. The van der Waals surface area contributed by atoms with Gasteiger partial charge < -0.3 is 40.1 Å². The van der Waals surface area contributed by atoms with Crippen LogP contribution in [0.25, 0.3) is 0 Å². The second kappa shape index (κ2) is 22.6. The molecule has 0 unspecified atom stereocenters. The maximum absolute atomic E-state index is 14.3. The molecule has 1 aromatic carbocycles. The molecule has 0 bridgehead atoms. The molecule has 4 N–H and O–H groups in total. The Kier molecular flexibility index (Phi) is 19.4. The van der Waals surface area contributed by atoms with E-state index in [0.29, 0.717) is 25.8 Å². The highest BCUT2D eigenvalue weighted by molar-refractivity contribution is 5.90. The molecule has 0 aliphatic carbocycles. The second-order valence-electron chi connectivity index (χ2n) is 16.0. The Labute approximate surface area is 338 Å². The van der Waals surface area contributed by atoms with E-state index in [1.807, 2.05) is 33.8 Å². The third-order valence-corrected chi connectivity index (χ3v) is 11.4. The molecule has 9 atom stereocenters. The standard InChI is InChI=1S/C41H68N6O10/c1-13-26(6)35(44(8)39(51)33(24(2)3)43-38(50)34(25(4)5)45(9)46(10)41(54)55)31(56-11)23-32(48)47-21-17-20-30(47)36(57-12)27(7)37(49)42-29(40(52)53)22-28-18-15-14-16-19-28/h14-16,18-19,24-27,29-31,33-36H,13,17,20-23H2,1-12H3,(H,42,49)(H,43,50)(H,52,53)(H,54,55)/t26-,27+,29-,30-,31+,33-,34-,35-,36+/m0/s1. The first-order valence-corrected chi connectivity index (χ1v) is 19.9. The number of hydrogen-bond acceptors (Lipinski definition) is 9. The lowest BCUT2D eigenvalue weighted by Gasteiger charge is -2.41. The van der Waals surface area contributed by atoms with Crippen molar-refractivity contribution in [3.63, 3.8) is 0 Å². The monoisotopic (exact) mass is 804 g/mol. The fraction of sp³-hybridized carbons (Fsp3) is 0.707. The number of likely N-dealkylation sites (N-methyl/N-ethyl adjacent to an activating group) is 2. The molecule has 322 valence electrons. The number of carboxylic acids is 1. The number of carbonyl (C=O) groups is 6. The lowest BCUT2D eigenvalue weighted by Crippen LogP contribution is -2.61. The second-order valence-corrected chi connectivity index (χ2v) is 16.0. The van der Waals surface area contributed by atoms with Crippen molar-refractivity contribution < 1.29 is 48.5 Å². The van der Waals surface area contributed by atoms with Crippen molar-refractivity contribution in [1.29, 1.82) is 0 Å². The minimum absolute atomic E-state index is 0.0742. The summed E-state index contributed by atoms with van der Waals surface area (Å²) in [4.78, 5) is 82.8. The maximum atomic E-state index is 14.3. The fourth-order valence-corrected chi connectivity index (χ4v) is 7.86. The number of carboxylic acid groups (broad SMARTS) is 2. The molecule has 1 aromatic rings. The molecule has 1 fully saturated rings. The van der Waals surface area contributed by atoms with Gasteiger partial charge in [-0.25, -0.2) is 19.6 Å². The molecule has 57 heavy (non-hydrogen) atoms. The van der Waals surface area contributed by atoms with Crippen LogP contribution in [0.5, 0.6) is 0 Å². The number of hydrogen-bond donors (Lipinski definition) is 4. The number of ether oxygens (including phenoxy) is 2. The summed E-state index contributed by atoms with van der Waals surface area (Å²) in [6.07, 6.45) is -0.755. The Balaban J connectivity index is 2.30. The van der Waals surface area contributed by atoms with E-state index in [1.54, 1.807) is 61.9 Å². The highest BCUT2D eigenvalue weighted by atomic mass is 16.5. The van der Waals surface area contributed by atoms with Crippen LogP contribution in [-0.4, -0.2) is 150 Å². The number of aliphatic carboxylic acids is 1. The SMILES string of the molecule is CC[C@H](C)[C@@H]([C@@H](CC(=O)N1CCC[C@H]1[C@H](OC)[C@@H](C)C(=O)N[C@@H](Cc1ccccc1)C(=O)O)OC)N(C)C(=O)[C@@H](NC(=O)[C@H](C(C)C)N(C)N(C)C(=O)O)C(C)C. The predicted octanol–water partition coefficient (Wildman–Crippen LogP) is 3.34. The van der Waals surface area contributed by atoms with Crippen LogP contribution in [0.1, 0.15) is 79.7 Å². The van der Waals surface area contributed by atoms with Gasteiger partial charge in [-0.1, -0.05) is 85.2 Å². The molecule has 0 aromatic heterocycles. The van der Waals surface area contributed by atoms with Gasteiger partial charge in [-0.15, -0.1) is 0 Å². The first-order chi connectivity index (χ1) is 26.7. The highest BCUT2D eigenvalue weighted by Crippen LogP contribution is 2.30. The van der Waals surface area contributed by atoms with Gasteiger partial charge in [-0.05, 0) is 36.2 Å². The van der Waals surface area contributed by atoms with Gasteiger partial charge in [-0.3, -0.25) is 19.2 Å². The van der Waals surface area contributed by atoms with Crippen LogP contribution in [0, 0.1) is 23.7 Å². The molecule has 1 aliphatic heterocycles. The number of nitrogens with one attached hydrogen (secondary N) is 2. The van der Waals surface area contributed by atoms with Crippen LogP contribution in [0.2, 0.25) is 0 Å². The molecule has 5 amide bonds. The Morgan fingerprint density at radius 2 is 1.49 bits per heavy atom.